The molecule has 18 heavy (non-hydrogen) atoms. The third-order valence-electron chi connectivity index (χ3n) is 2.93. The molecule has 2 aromatic rings. The van der Waals surface area contributed by atoms with E-state index >= 15 is 0 Å². The van der Waals surface area contributed by atoms with Crippen LogP contribution in [0.25, 0.3) is 10.9 Å². The highest BCUT2D eigenvalue weighted by molar-refractivity contribution is 6.06. The smallest absolute Gasteiger partial charge is 0.255 e. The van der Waals surface area contributed by atoms with Crippen molar-refractivity contribution in [2.45, 2.75) is 6.92 Å². The number of benzene rings is 1. The molecule has 1 amide bonds. The molecule has 0 saturated carbocycles. The first-order valence-corrected chi connectivity index (χ1v) is 5.84. The van der Waals surface area contributed by atoms with Crippen molar-refractivity contribution in [1.29, 1.82) is 5.26 Å². The summed E-state index contributed by atoms with van der Waals surface area (Å²) < 4.78 is 0. The summed E-state index contributed by atoms with van der Waals surface area (Å²) in [5, 5.41) is 9.69. The summed E-state index contributed by atoms with van der Waals surface area (Å²) in [5.74, 6) is -0.223. The number of nitrogens with one attached hydrogen (secondary N) is 1. The Kier molecular flexibility index (Phi) is 3.33. The molecule has 1 aromatic carbocycles. The van der Waals surface area contributed by atoms with Gasteiger partial charge < -0.3 is 9.88 Å². The molecule has 0 bridgehead atoms. The zero-order valence-electron chi connectivity index (χ0n) is 10.5. The van der Waals surface area contributed by atoms with Gasteiger partial charge in [0.05, 0.1) is 17.6 Å². The molecule has 0 aliphatic rings. The van der Waals surface area contributed by atoms with E-state index in [0.717, 1.165) is 10.9 Å². The van der Waals surface area contributed by atoms with Gasteiger partial charge >= 0.3 is 0 Å². The lowest BCUT2D eigenvalue weighted by Gasteiger charge is -2.17. The lowest BCUT2D eigenvalue weighted by atomic mass is 10.1. The van der Waals surface area contributed by atoms with E-state index < -0.39 is 0 Å². The standard InChI is InChI=1S/C14H15N3O/c1-10(7-15)9-17(2)14(18)12-8-16-13-6-4-3-5-11(12)13/h3-6,8,10,16H,9H2,1-2H3. The number of hydrogen-bond donors (Lipinski definition) is 1. The first-order valence-electron chi connectivity index (χ1n) is 5.84. The molecule has 1 unspecified atom stereocenters. The molecule has 0 saturated heterocycles. The number of H-pyrrole nitrogens is 1. The van der Waals surface area contributed by atoms with Gasteiger partial charge in [-0.15, -0.1) is 0 Å². The van der Waals surface area contributed by atoms with Crippen LogP contribution in [0.2, 0.25) is 0 Å². The molecule has 92 valence electrons. The minimum Gasteiger partial charge on any atom is -0.360 e. The van der Waals surface area contributed by atoms with Gasteiger partial charge in [-0.2, -0.15) is 5.26 Å². The van der Waals surface area contributed by atoms with E-state index in [4.69, 9.17) is 5.26 Å². The summed E-state index contributed by atoms with van der Waals surface area (Å²) in [6, 6.07) is 9.82. The Morgan fingerprint density at radius 3 is 2.94 bits per heavy atom. The summed E-state index contributed by atoms with van der Waals surface area (Å²) in [6.07, 6.45) is 1.72. The highest BCUT2D eigenvalue weighted by Gasteiger charge is 2.17. The second kappa shape index (κ2) is 4.92. The quantitative estimate of drug-likeness (QED) is 0.897. The predicted octanol–water partition coefficient (Wildman–Crippen LogP) is 2.40. The number of carbonyl (C=O) groups is 1. The van der Waals surface area contributed by atoms with Crippen LogP contribution < -0.4 is 0 Å². The maximum atomic E-state index is 12.3. The predicted molar refractivity (Wildman–Crippen MR) is 70.0 cm³/mol. The van der Waals surface area contributed by atoms with E-state index in [-0.39, 0.29) is 11.8 Å². The number of carbonyl (C=O) groups excluding carboxylic acids is 1. The number of aromatic nitrogens is 1. The first-order chi connectivity index (χ1) is 8.63. The Balaban J connectivity index is 2.26. The molecule has 4 heteroatoms. The molecule has 0 radical (unpaired) electrons. The fraction of sp³-hybridized carbons (Fsp3) is 0.286. The number of aromatic amines is 1. The molecule has 0 aliphatic carbocycles. The van der Waals surface area contributed by atoms with Gasteiger partial charge in [-0.1, -0.05) is 18.2 Å². The van der Waals surface area contributed by atoms with Crippen molar-refractivity contribution < 1.29 is 4.79 Å². The van der Waals surface area contributed by atoms with Crippen LogP contribution in [0.3, 0.4) is 0 Å². The van der Waals surface area contributed by atoms with Gasteiger partial charge in [0, 0.05) is 30.7 Å². The molecule has 1 aromatic heterocycles. The Bertz CT molecular complexity index is 609. The van der Waals surface area contributed by atoms with Crippen LogP contribution in [0.1, 0.15) is 17.3 Å². The van der Waals surface area contributed by atoms with Crippen molar-refractivity contribution in [3.8, 4) is 6.07 Å². The molecular weight excluding hydrogens is 226 g/mol. The monoisotopic (exact) mass is 241 g/mol. The topological polar surface area (TPSA) is 59.9 Å². The largest absolute Gasteiger partial charge is 0.360 e. The minimum absolute atomic E-state index is 0.0606. The first kappa shape index (κ1) is 12.2. The van der Waals surface area contributed by atoms with E-state index in [9.17, 15) is 4.79 Å². The maximum Gasteiger partial charge on any atom is 0.255 e. The normalized spacial score (nSPS) is 12.1. The van der Waals surface area contributed by atoms with Crippen molar-refractivity contribution in [3.63, 3.8) is 0 Å². The molecule has 1 atom stereocenters. The number of fused-ring (bicyclic) bond motifs is 1. The van der Waals surface area contributed by atoms with Gasteiger partial charge in [0.1, 0.15) is 0 Å². The number of para-hydroxylation sites is 1. The van der Waals surface area contributed by atoms with Gasteiger partial charge in [0.25, 0.3) is 5.91 Å². The van der Waals surface area contributed by atoms with Crippen LogP contribution in [-0.2, 0) is 0 Å². The van der Waals surface area contributed by atoms with Crippen LogP contribution in [0.4, 0.5) is 0 Å². The summed E-state index contributed by atoms with van der Waals surface area (Å²) in [7, 11) is 1.72. The van der Waals surface area contributed by atoms with E-state index in [1.54, 1.807) is 25.1 Å². The fourth-order valence-corrected chi connectivity index (χ4v) is 1.99. The number of amides is 1. The number of nitrogens with zero attached hydrogens (tertiary/aromatic N) is 2. The van der Waals surface area contributed by atoms with Crippen LogP contribution in [0, 0.1) is 17.2 Å². The van der Waals surface area contributed by atoms with Crippen molar-refractivity contribution in [2.75, 3.05) is 13.6 Å². The van der Waals surface area contributed by atoms with Gasteiger partial charge in [-0.05, 0) is 13.0 Å². The molecule has 0 spiro atoms. The Labute approximate surface area is 106 Å². The highest BCUT2D eigenvalue weighted by Crippen LogP contribution is 2.19. The molecule has 2 rings (SSSR count). The lowest BCUT2D eigenvalue weighted by Crippen LogP contribution is -2.30. The Morgan fingerprint density at radius 2 is 2.22 bits per heavy atom. The van der Waals surface area contributed by atoms with Gasteiger partial charge in [-0.3, -0.25) is 4.79 Å². The third kappa shape index (κ3) is 2.21. The molecule has 0 fully saturated rings. The second-order valence-corrected chi connectivity index (χ2v) is 4.46. The maximum absolute atomic E-state index is 12.3. The van der Waals surface area contributed by atoms with E-state index in [1.165, 1.54) is 0 Å². The number of hydrogen-bond acceptors (Lipinski definition) is 2. The van der Waals surface area contributed by atoms with Gasteiger partial charge in [0.2, 0.25) is 0 Å². The van der Waals surface area contributed by atoms with Gasteiger partial charge in [-0.25, -0.2) is 0 Å². The molecule has 0 aliphatic heterocycles. The minimum atomic E-state index is -0.163. The number of nitriles is 1. The van der Waals surface area contributed by atoms with Crippen molar-refractivity contribution in [1.82, 2.24) is 9.88 Å². The van der Waals surface area contributed by atoms with E-state index in [2.05, 4.69) is 11.1 Å². The molecule has 1 heterocycles. The molecule has 4 nitrogen and oxygen atoms in total. The van der Waals surface area contributed by atoms with Crippen LogP contribution in [0.5, 0.6) is 0 Å². The Hall–Kier alpha value is -2.28. The van der Waals surface area contributed by atoms with Crippen LogP contribution in [-0.4, -0.2) is 29.4 Å². The highest BCUT2D eigenvalue weighted by atomic mass is 16.2. The van der Waals surface area contributed by atoms with Crippen molar-refractivity contribution in [3.05, 3.63) is 36.0 Å². The number of rotatable bonds is 3. The van der Waals surface area contributed by atoms with Gasteiger partial charge in [0.15, 0.2) is 0 Å². The summed E-state index contributed by atoms with van der Waals surface area (Å²) in [6.45, 7) is 2.24. The Morgan fingerprint density at radius 1 is 1.50 bits per heavy atom. The van der Waals surface area contributed by atoms with Crippen molar-refractivity contribution >= 4 is 16.8 Å². The zero-order valence-corrected chi connectivity index (χ0v) is 10.5. The second-order valence-electron chi connectivity index (χ2n) is 4.46. The van der Waals surface area contributed by atoms with E-state index in [0.29, 0.717) is 12.1 Å². The summed E-state index contributed by atoms with van der Waals surface area (Å²) in [4.78, 5) is 16.9. The molecular formula is C14H15N3O. The SMILES string of the molecule is CC(C#N)CN(C)C(=O)c1c[nH]c2ccccc12. The van der Waals surface area contributed by atoms with Crippen molar-refractivity contribution in [2.24, 2.45) is 5.92 Å². The average Bonchev–Trinajstić information content (AvgIpc) is 2.81. The van der Waals surface area contributed by atoms with Crippen LogP contribution in [0.15, 0.2) is 30.5 Å². The van der Waals surface area contributed by atoms with Crippen LogP contribution >= 0.6 is 0 Å². The average molecular weight is 241 g/mol. The fourth-order valence-electron chi connectivity index (χ4n) is 1.99. The van der Waals surface area contributed by atoms with E-state index in [1.807, 2.05) is 24.3 Å². The molecule has 1 N–H and O–H groups in total. The summed E-state index contributed by atoms with van der Waals surface area (Å²) >= 11 is 0. The lowest BCUT2D eigenvalue weighted by molar-refractivity contribution is 0.0787. The third-order valence-corrected chi connectivity index (χ3v) is 2.93. The summed E-state index contributed by atoms with van der Waals surface area (Å²) in [5.41, 5.74) is 1.60. The zero-order chi connectivity index (χ0) is 13.1.